The number of rotatable bonds is 7. The van der Waals surface area contributed by atoms with Gasteiger partial charge in [-0.1, -0.05) is 13.3 Å². The lowest BCUT2D eigenvalue weighted by Gasteiger charge is -2.33. The number of nitrogens with zero attached hydrogens (tertiary/aromatic N) is 1. The highest BCUT2D eigenvalue weighted by Gasteiger charge is 2.19. The van der Waals surface area contributed by atoms with Crippen molar-refractivity contribution in [3.63, 3.8) is 0 Å². The topological polar surface area (TPSA) is 24.5 Å². The van der Waals surface area contributed by atoms with E-state index in [9.17, 15) is 0 Å². The molecule has 0 radical (unpaired) electrons. The summed E-state index contributed by atoms with van der Waals surface area (Å²) < 4.78 is 5.89. The van der Waals surface area contributed by atoms with E-state index in [-0.39, 0.29) is 0 Å². The highest BCUT2D eigenvalue weighted by molar-refractivity contribution is 4.74. The molecule has 1 heterocycles. The van der Waals surface area contributed by atoms with Gasteiger partial charge in [0, 0.05) is 12.6 Å². The van der Waals surface area contributed by atoms with Crippen molar-refractivity contribution < 1.29 is 4.74 Å². The van der Waals surface area contributed by atoms with E-state index in [1.54, 1.807) is 0 Å². The van der Waals surface area contributed by atoms with Crippen molar-refractivity contribution in [2.75, 3.05) is 33.3 Å². The summed E-state index contributed by atoms with van der Waals surface area (Å²) >= 11 is 0. The van der Waals surface area contributed by atoms with Crippen molar-refractivity contribution in [1.29, 1.82) is 0 Å². The molecule has 0 aromatic carbocycles. The van der Waals surface area contributed by atoms with Crippen molar-refractivity contribution >= 4 is 0 Å². The van der Waals surface area contributed by atoms with Crippen LogP contribution in [0.1, 0.15) is 39.5 Å². The zero-order chi connectivity index (χ0) is 11.8. The first-order chi connectivity index (χ1) is 7.74. The summed E-state index contributed by atoms with van der Waals surface area (Å²) in [5.74, 6) is 0. The molecule has 2 unspecified atom stereocenters. The van der Waals surface area contributed by atoms with Gasteiger partial charge in [0.25, 0.3) is 0 Å². The molecule has 0 saturated carbocycles. The van der Waals surface area contributed by atoms with E-state index in [1.165, 1.54) is 32.2 Å². The van der Waals surface area contributed by atoms with Crippen LogP contribution in [-0.4, -0.2) is 50.3 Å². The lowest BCUT2D eigenvalue weighted by molar-refractivity contribution is 0.0126. The van der Waals surface area contributed by atoms with Crippen LogP contribution in [0.15, 0.2) is 0 Å². The molecule has 1 N–H and O–H groups in total. The number of hydrogen-bond donors (Lipinski definition) is 1. The lowest BCUT2D eigenvalue weighted by atomic mass is 10.0. The molecule has 0 aromatic rings. The van der Waals surface area contributed by atoms with Gasteiger partial charge in [-0.2, -0.15) is 0 Å². The third kappa shape index (κ3) is 5.28. The fourth-order valence-corrected chi connectivity index (χ4v) is 2.17. The van der Waals surface area contributed by atoms with Crippen molar-refractivity contribution in [3.8, 4) is 0 Å². The molecule has 1 aliphatic heterocycles. The Morgan fingerprint density at radius 1 is 1.44 bits per heavy atom. The molecular formula is C13H28N2O. The molecule has 1 fully saturated rings. The lowest BCUT2D eigenvalue weighted by Crippen LogP contribution is -2.41. The Kier molecular flexibility index (Phi) is 7.01. The van der Waals surface area contributed by atoms with Crippen LogP contribution in [0.4, 0.5) is 0 Å². The summed E-state index contributed by atoms with van der Waals surface area (Å²) in [5, 5.41) is 3.40. The number of likely N-dealkylation sites (tertiary alicyclic amines) is 1. The van der Waals surface area contributed by atoms with Crippen LogP contribution in [0.3, 0.4) is 0 Å². The summed E-state index contributed by atoms with van der Waals surface area (Å²) in [4.78, 5) is 2.44. The molecule has 0 spiro atoms. The summed E-state index contributed by atoms with van der Waals surface area (Å²) in [6.07, 6.45) is 5.53. The number of ether oxygens (including phenoxy) is 1. The summed E-state index contributed by atoms with van der Waals surface area (Å²) in [5.41, 5.74) is 0. The number of nitrogens with one attached hydrogen (secondary N) is 1. The van der Waals surface area contributed by atoms with Crippen LogP contribution in [0, 0.1) is 0 Å². The quantitative estimate of drug-likeness (QED) is 0.673. The van der Waals surface area contributed by atoms with Crippen molar-refractivity contribution in [2.24, 2.45) is 0 Å². The van der Waals surface area contributed by atoms with E-state index in [0.717, 1.165) is 19.7 Å². The Morgan fingerprint density at radius 2 is 2.25 bits per heavy atom. The Morgan fingerprint density at radius 3 is 2.94 bits per heavy atom. The smallest absolute Gasteiger partial charge is 0.0672 e. The molecule has 0 aliphatic carbocycles. The maximum Gasteiger partial charge on any atom is 0.0672 e. The Labute approximate surface area is 101 Å². The first-order valence-corrected chi connectivity index (χ1v) is 6.76. The number of hydrogen-bond acceptors (Lipinski definition) is 3. The fraction of sp³-hybridized carbons (Fsp3) is 1.00. The number of likely N-dealkylation sites (N-methyl/N-ethyl adjacent to an activating group) is 1. The molecule has 16 heavy (non-hydrogen) atoms. The van der Waals surface area contributed by atoms with Gasteiger partial charge in [-0.3, -0.25) is 0 Å². The van der Waals surface area contributed by atoms with Crippen LogP contribution >= 0.6 is 0 Å². The third-order valence-electron chi connectivity index (χ3n) is 3.35. The van der Waals surface area contributed by atoms with Crippen LogP contribution < -0.4 is 5.32 Å². The molecule has 96 valence electrons. The van der Waals surface area contributed by atoms with Gasteiger partial charge in [-0.25, -0.2) is 0 Å². The maximum atomic E-state index is 5.89. The molecule has 2 atom stereocenters. The van der Waals surface area contributed by atoms with E-state index in [0.29, 0.717) is 12.1 Å². The van der Waals surface area contributed by atoms with Gasteiger partial charge in [0.05, 0.1) is 12.7 Å². The molecule has 3 nitrogen and oxygen atoms in total. The predicted molar refractivity (Wildman–Crippen MR) is 68.8 cm³/mol. The fourth-order valence-electron chi connectivity index (χ4n) is 2.17. The molecule has 1 rings (SSSR count). The van der Waals surface area contributed by atoms with Gasteiger partial charge in [0.2, 0.25) is 0 Å². The Balaban J connectivity index is 2.07. The van der Waals surface area contributed by atoms with Gasteiger partial charge in [0.1, 0.15) is 0 Å². The van der Waals surface area contributed by atoms with Crippen LogP contribution in [-0.2, 0) is 4.74 Å². The minimum Gasteiger partial charge on any atom is -0.376 e. The zero-order valence-electron chi connectivity index (χ0n) is 11.2. The standard InChI is InChI=1S/C13H28N2O/c1-4-8-14-10-12(2)16-11-13-7-5-6-9-15(13)3/h12-14H,4-11H2,1-3H3. The highest BCUT2D eigenvalue weighted by atomic mass is 16.5. The van der Waals surface area contributed by atoms with Crippen LogP contribution in [0.25, 0.3) is 0 Å². The first-order valence-electron chi connectivity index (χ1n) is 6.76. The van der Waals surface area contributed by atoms with Crippen LogP contribution in [0.2, 0.25) is 0 Å². The third-order valence-corrected chi connectivity index (χ3v) is 3.35. The molecular weight excluding hydrogens is 200 g/mol. The van der Waals surface area contributed by atoms with E-state index < -0.39 is 0 Å². The molecule has 3 heteroatoms. The highest BCUT2D eigenvalue weighted by Crippen LogP contribution is 2.15. The second-order valence-corrected chi connectivity index (χ2v) is 4.98. The second-order valence-electron chi connectivity index (χ2n) is 4.98. The second kappa shape index (κ2) is 8.04. The Bertz CT molecular complexity index is 175. The monoisotopic (exact) mass is 228 g/mol. The summed E-state index contributed by atoms with van der Waals surface area (Å²) in [7, 11) is 2.22. The van der Waals surface area contributed by atoms with Crippen molar-refractivity contribution in [2.45, 2.75) is 51.7 Å². The van der Waals surface area contributed by atoms with Crippen molar-refractivity contribution in [3.05, 3.63) is 0 Å². The first kappa shape index (κ1) is 13.9. The van der Waals surface area contributed by atoms with E-state index in [2.05, 4.69) is 31.1 Å². The van der Waals surface area contributed by atoms with Gasteiger partial charge < -0.3 is 15.0 Å². The van der Waals surface area contributed by atoms with Gasteiger partial charge in [-0.05, 0) is 46.3 Å². The largest absolute Gasteiger partial charge is 0.376 e. The van der Waals surface area contributed by atoms with Gasteiger partial charge in [-0.15, -0.1) is 0 Å². The average Bonchev–Trinajstić information content (AvgIpc) is 2.28. The van der Waals surface area contributed by atoms with Gasteiger partial charge in [0.15, 0.2) is 0 Å². The van der Waals surface area contributed by atoms with E-state index in [4.69, 9.17) is 4.74 Å². The normalized spacial score (nSPS) is 24.6. The average molecular weight is 228 g/mol. The predicted octanol–water partition coefficient (Wildman–Crippen LogP) is 1.88. The summed E-state index contributed by atoms with van der Waals surface area (Å²) in [6, 6.07) is 0.641. The molecule has 1 aliphatic rings. The van der Waals surface area contributed by atoms with E-state index in [1.807, 2.05) is 0 Å². The number of piperidine rings is 1. The van der Waals surface area contributed by atoms with Gasteiger partial charge >= 0.3 is 0 Å². The minimum absolute atomic E-state index is 0.335. The van der Waals surface area contributed by atoms with E-state index >= 15 is 0 Å². The molecule has 0 bridgehead atoms. The SMILES string of the molecule is CCCNCC(C)OCC1CCCCN1C. The van der Waals surface area contributed by atoms with Crippen molar-refractivity contribution in [1.82, 2.24) is 10.2 Å². The molecule has 0 aromatic heterocycles. The molecule has 0 amide bonds. The van der Waals surface area contributed by atoms with Crippen LogP contribution in [0.5, 0.6) is 0 Å². The summed E-state index contributed by atoms with van der Waals surface area (Å²) in [6.45, 7) is 8.55. The Hall–Kier alpha value is -0.120. The maximum absolute atomic E-state index is 5.89. The zero-order valence-corrected chi connectivity index (χ0v) is 11.2. The molecule has 1 saturated heterocycles. The minimum atomic E-state index is 0.335.